The minimum atomic E-state index is -1.73. The summed E-state index contributed by atoms with van der Waals surface area (Å²) in [4.78, 5) is 46.2. The van der Waals surface area contributed by atoms with Crippen molar-refractivity contribution in [2.45, 2.75) is 46.3 Å². The summed E-state index contributed by atoms with van der Waals surface area (Å²) in [6.45, 7) is 8.60. The van der Waals surface area contributed by atoms with Crippen LogP contribution in [0.2, 0.25) is 0 Å². The van der Waals surface area contributed by atoms with E-state index in [1.165, 1.54) is 12.4 Å². The lowest BCUT2D eigenvalue weighted by molar-refractivity contribution is -0.142. The Morgan fingerprint density at radius 2 is 1.43 bits per heavy atom. The minimum Gasteiger partial charge on any atom is -0.383 e. The molecule has 4 amide bonds. The van der Waals surface area contributed by atoms with Crippen molar-refractivity contribution < 1.29 is 39.0 Å². The molecule has 0 spiro atoms. The molecule has 0 saturated carbocycles. The third-order valence-corrected chi connectivity index (χ3v) is 3.76. The lowest BCUT2D eigenvalue weighted by atomic mass is 9.86. The summed E-state index contributed by atoms with van der Waals surface area (Å²) in [6.07, 6.45) is -2.33. The Kier molecular flexibility index (Phi) is 13.5. The van der Waals surface area contributed by atoms with Gasteiger partial charge in [0, 0.05) is 20.0 Å². The molecule has 0 aliphatic carbocycles. The molecule has 0 bridgehead atoms. The van der Waals surface area contributed by atoms with Gasteiger partial charge in [0.1, 0.15) is 12.1 Å². The molecule has 0 aliphatic rings. The Balaban J connectivity index is 4.21. The van der Waals surface area contributed by atoms with Crippen LogP contribution in [0.1, 0.15) is 34.1 Å². The second-order valence-electron chi connectivity index (χ2n) is 7.56. The van der Waals surface area contributed by atoms with Crippen LogP contribution in [-0.4, -0.2) is 85.6 Å². The van der Waals surface area contributed by atoms with E-state index in [4.69, 9.17) is 14.7 Å². The highest BCUT2D eigenvalue weighted by atomic mass is 16.5. The van der Waals surface area contributed by atoms with Gasteiger partial charge in [-0.05, 0) is 5.41 Å². The lowest BCUT2D eigenvalue weighted by Gasteiger charge is -2.30. The van der Waals surface area contributed by atoms with Crippen LogP contribution in [0.5, 0.6) is 0 Å². The van der Waals surface area contributed by atoms with Crippen LogP contribution < -0.4 is 21.4 Å². The highest BCUT2D eigenvalue weighted by Crippen LogP contribution is 2.19. The summed E-state index contributed by atoms with van der Waals surface area (Å²) in [5.74, 6) is -2.39. The van der Waals surface area contributed by atoms with Gasteiger partial charge < -0.3 is 30.5 Å². The lowest BCUT2D eigenvalue weighted by Crippen LogP contribution is -2.54. The maximum absolute atomic E-state index is 12.4. The molecule has 6 N–H and O–H groups in total. The number of aliphatic hydroxyl groups excluding tert-OH is 1. The smallest absolute Gasteiger partial charge is 0.272 e. The number of hydrogen-bond donors (Lipinski definition) is 6. The van der Waals surface area contributed by atoms with Crippen molar-refractivity contribution in [3.8, 4) is 0 Å². The molecule has 0 aromatic carbocycles. The Bertz CT molecular complexity index is 565. The van der Waals surface area contributed by atoms with E-state index < -0.39 is 41.7 Å². The van der Waals surface area contributed by atoms with Crippen molar-refractivity contribution in [1.82, 2.24) is 21.4 Å². The fraction of sp³-hybridized carbons (Fsp3) is 0.778. The molecule has 2 unspecified atom stereocenters. The Labute approximate surface area is 176 Å². The van der Waals surface area contributed by atoms with Crippen molar-refractivity contribution in [1.29, 1.82) is 0 Å². The zero-order valence-electron chi connectivity index (χ0n) is 17.9. The SMILES string of the molecule is CC(=O)NCCOCCOCCNC(=O)C(NC(=O)CC(O)C(=O)NO)C(C)(C)C. The molecule has 0 radical (unpaired) electrons. The maximum Gasteiger partial charge on any atom is 0.272 e. The first-order valence-electron chi connectivity index (χ1n) is 9.58. The van der Waals surface area contributed by atoms with E-state index in [1.807, 2.05) is 0 Å². The predicted molar refractivity (Wildman–Crippen MR) is 105 cm³/mol. The van der Waals surface area contributed by atoms with E-state index in [-0.39, 0.29) is 19.1 Å². The first-order chi connectivity index (χ1) is 14.0. The fourth-order valence-corrected chi connectivity index (χ4v) is 2.21. The molecule has 0 aromatic heterocycles. The molecule has 0 aliphatic heterocycles. The maximum atomic E-state index is 12.4. The van der Waals surface area contributed by atoms with Crippen LogP contribution in [0.3, 0.4) is 0 Å². The van der Waals surface area contributed by atoms with Crippen LogP contribution in [-0.2, 0) is 28.7 Å². The van der Waals surface area contributed by atoms with Crippen molar-refractivity contribution in [2.24, 2.45) is 5.41 Å². The second kappa shape index (κ2) is 14.7. The van der Waals surface area contributed by atoms with Crippen LogP contribution in [0.4, 0.5) is 0 Å². The van der Waals surface area contributed by atoms with Crippen molar-refractivity contribution in [2.75, 3.05) is 39.5 Å². The van der Waals surface area contributed by atoms with Gasteiger partial charge in [-0.1, -0.05) is 20.8 Å². The Morgan fingerprint density at radius 1 is 0.900 bits per heavy atom. The molecule has 12 heteroatoms. The van der Waals surface area contributed by atoms with Gasteiger partial charge in [0.05, 0.1) is 32.8 Å². The number of aliphatic hydroxyl groups is 1. The quantitative estimate of drug-likeness (QED) is 0.104. The van der Waals surface area contributed by atoms with E-state index >= 15 is 0 Å². The number of amides is 4. The highest BCUT2D eigenvalue weighted by molar-refractivity contribution is 5.91. The standard InChI is InChI=1S/C18H34N4O8/c1-12(23)19-5-7-29-9-10-30-8-6-20-17(27)15(18(2,3)4)21-14(25)11-13(24)16(26)22-28/h13,15,24,28H,5-11H2,1-4H3,(H,19,23)(H,20,27)(H,21,25)(H,22,26). The third kappa shape index (κ3) is 13.0. The van der Waals surface area contributed by atoms with Crippen LogP contribution in [0.15, 0.2) is 0 Å². The first kappa shape index (κ1) is 27.7. The van der Waals surface area contributed by atoms with Gasteiger partial charge >= 0.3 is 0 Å². The molecule has 0 heterocycles. The van der Waals surface area contributed by atoms with E-state index in [2.05, 4.69) is 16.0 Å². The van der Waals surface area contributed by atoms with E-state index in [9.17, 15) is 24.3 Å². The van der Waals surface area contributed by atoms with Gasteiger partial charge in [0.2, 0.25) is 17.7 Å². The molecule has 0 aromatic rings. The number of hydroxylamine groups is 1. The molecule has 12 nitrogen and oxygen atoms in total. The van der Waals surface area contributed by atoms with Crippen molar-refractivity contribution >= 4 is 23.6 Å². The monoisotopic (exact) mass is 434 g/mol. The average molecular weight is 434 g/mol. The summed E-state index contributed by atoms with van der Waals surface area (Å²) in [6, 6.07) is -0.911. The molecule has 0 fully saturated rings. The zero-order chi connectivity index (χ0) is 23.2. The van der Waals surface area contributed by atoms with Gasteiger partial charge in [-0.25, -0.2) is 5.48 Å². The van der Waals surface area contributed by atoms with Crippen LogP contribution >= 0.6 is 0 Å². The zero-order valence-corrected chi connectivity index (χ0v) is 17.9. The largest absolute Gasteiger partial charge is 0.383 e. The van der Waals surface area contributed by atoms with Gasteiger partial charge in [-0.15, -0.1) is 0 Å². The summed E-state index contributed by atoms with van der Waals surface area (Å²) in [7, 11) is 0. The second-order valence-corrected chi connectivity index (χ2v) is 7.56. The van der Waals surface area contributed by atoms with Crippen molar-refractivity contribution in [3.05, 3.63) is 0 Å². The topological polar surface area (TPSA) is 175 Å². The predicted octanol–water partition coefficient (Wildman–Crippen LogP) is -1.94. The Morgan fingerprint density at radius 3 is 1.90 bits per heavy atom. The van der Waals surface area contributed by atoms with Gasteiger partial charge in [-0.3, -0.25) is 24.4 Å². The molecule has 0 rings (SSSR count). The third-order valence-electron chi connectivity index (χ3n) is 3.76. The summed E-state index contributed by atoms with van der Waals surface area (Å²) < 4.78 is 10.6. The number of hydrogen-bond acceptors (Lipinski definition) is 8. The van der Waals surface area contributed by atoms with Crippen molar-refractivity contribution in [3.63, 3.8) is 0 Å². The number of carbonyl (C=O) groups excluding carboxylic acids is 4. The van der Waals surface area contributed by atoms with Gasteiger partial charge in [0.25, 0.3) is 5.91 Å². The molecule has 174 valence electrons. The van der Waals surface area contributed by atoms with Gasteiger partial charge in [-0.2, -0.15) is 0 Å². The average Bonchev–Trinajstić information content (AvgIpc) is 2.65. The number of carbonyl (C=O) groups is 4. The highest BCUT2D eigenvalue weighted by Gasteiger charge is 2.33. The van der Waals surface area contributed by atoms with Crippen LogP contribution in [0.25, 0.3) is 0 Å². The summed E-state index contributed by atoms with van der Waals surface area (Å²) in [5, 5.41) is 25.7. The van der Waals surface area contributed by atoms with E-state index in [1.54, 1.807) is 20.8 Å². The summed E-state index contributed by atoms with van der Waals surface area (Å²) >= 11 is 0. The molecular weight excluding hydrogens is 400 g/mol. The van der Waals surface area contributed by atoms with Crippen LogP contribution in [0, 0.1) is 5.41 Å². The number of nitrogens with one attached hydrogen (secondary N) is 4. The first-order valence-corrected chi connectivity index (χ1v) is 9.58. The summed E-state index contributed by atoms with van der Waals surface area (Å²) in [5.41, 5.74) is 0.620. The minimum absolute atomic E-state index is 0.123. The number of rotatable bonds is 14. The molecular formula is C18H34N4O8. The van der Waals surface area contributed by atoms with E-state index in [0.717, 1.165) is 0 Å². The molecule has 2 atom stereocenters. The van der Waals surface area contributed by atoms with Gasteiger partial charge in [0.15, 0.2) is 0 Å². The fourth-order valence-electron chi connectivity index (χ4n) is 2.21. The normalized spacial score (nSPS) is 13.1. The Hall–Kier alpha value is -2.28. The van der Waals surface area contributed by atoms with E-state index in [0.29, 0.717) is 26.4 Å². The molecule has 0 saturated heterocycles. The number of ether oxygens (including phenoxy) is 2. The molecule has 30 heavy (non-hydrogen) atoms.